The van der Waals surface area contributed by atoms with Crippen molar-refractivity contribution in [3.8, 4) is 6.07 Å². The van der Waals surface area contributed by atoms with Crippen LogP contribution in [0, 0.1) is 11.3 Å². The van der Waals surface area contributed by atoms with Crippen molar-refractivity contribution >= 4 is 11.5 Å². The third-order valence-corrected chi connectivity index (χ3v) is 2.56. The molecule has 0 spiro atoms. The summed E-state index contributed by atoms with van der Waals surface area (Å²) in [4.78, 5) is 4.14. The van der Waals surface area contributed by atoms with Gasteiger partial charge in [0.05, 0.1) is 0 Å². The van der Waals surface area contributed by atoms with E-state index >= 15 is 0 Å². The first-order valence-electron chi connectivity index (χ1n) is 5.73. The summed E-state index contributed by atoms with van der Waals surface area (Å²) < 4.78 is 0. The van der Waals surface area contributed by atoms with Crippen molar-refractivity contribution in [3.05, 3.63) is 53.7 Å². The lowest BCUT2D eigenvalue weighted by molar-refractivity contribution is 1.00. The number of pyridine rings is 1. The van der Waals surface area contributed by atoms with Crippen LogP contribution >= 0.6 is 0 Å². The Balaban J connectivity index is 1.88. The lowest BCUT2D eigenvalue weighted by atomic mass is 10.1. The molecule has 0 aliphatic rings. The minimum atomic E-state index is 0.424. The van der Waals surface area contributed by atoms with E-state index in [1.165, 1.54) is 5.56 Å². The summed E-state index contributed by atoms with van der Waals surface area (Å²) >= 11 is 0. The van der Waals surface area contributed by atoms with E-state index in [1.54, 1.807) is 6.07 Å². The van der Waals surface area contributed by atoms with E-state index in [4.69, 9.17) is 11.0 Å². The molecule has 0 atom stereocenters. The summed E-state index contributed by atoms with van der Waals surface area (Å²) in [5.74, 6) is 0.726. The van der Waals surface area contributed by atoms with Crippen LogP contribution in [0.4, 0.5) is 11.5 Å². The maximum Gasteiger partial charge on any atom is 0.142 e. The average molecular weight is 238 g/mol. The molecule has 0 saturated heterocycles. The summed E-state index contributed by atoms with van der Waals surface area (Å²) in [6.07, 6.45) is 0.888. The van der Waals surface area contributed by atoms with Crippen molar-refractivity contribution in [1.29, 1.82) is 5.26 Å². The van der Waals surface area contributed by atoms with E-state index in [-0.39, 0.29) is 0 Å². The maximum absolute atomic E-state index is 8.74. The SMILES string of the molecule is N#Cc1cccc(NCCc2ccc(N)cc2)n1. The third kappa shape index (κ3) is 3.22. The highest BCUT2D eigenvalue weighted by Gasteiger charge is 1.97. The molecule has 1 heterocycles. The predicted octanol–water partition coefficient (Wildman–Crippen LogP) is 2.19. The Hall–Kier alpha value is -2.54. The van der Waals surface area contributed by atoms with Gasteiger partial charge in [0.1, 0.15) is 17.6 Å². The molecular weight excluding hydrogens is 224 g/mol. The van der Waals surface area contributed by atoms with Gasteiger partial charge >= 0.3 is 0 Å². The largest absolute Gasteiger partial charge is 0.399 e. The molecule has 0 radical (unpaired) electrons. The monoisotopic (exact) mass is 238 g/mol. The molecule has 0 aliphatic carbocycles. The Morgan fingerprint density at radius 1 is 1.17 bits per heavy atom. The van der Waals surface area contributed by atoms with Crippen LogP contribution in [-0.2, 0) is 6.42 Å². The highest BCUT2D eigenvalue weighted by molar-refractivity contribution is 5.40. The van der Waals surface area contributed by atoms with E-state index in [2.05, 4.69) is 10.3 Å². The molecule has 0 bridgehead atoms. The van der Waals surface area contributed by atoms with E-state index < -0.39 is 0 Å². The molecule has 0 fully saturated rings. The van der Waals surface area contributed by atoms with Crippen LogP contribution in [0.25, 0.3) is 0 Å². The summed E-state index contributed by atoms with van der Waals surface area (Å²) in [5, 5.41) is 11.9. The fraction of sp³-hybridized carbons (Fsp3) is 0.143. The van der Waals surface area contributed by atoms with E-state index in [9.17, 15) is 0 Å². The number of nitriles is 1. The molecule has 0 amide bonds. The zero-order chi connectivity index (χ0) is 12.8. The molecule has 90 valence electrons. The van der Waals surface area contributed by atoms with Crippen LogP contribution in [0.3, 0.4) is 0 Å². The number of nitrogens with zero attached hydrogens (tertiary/aromatic N) is 2. The fourth-order valence-corrected chi connectivity index (χ4v) is 1.61. The van der Waals surface area contributed by atoms with Gasteiger partial charge in [0, 0.05) is 12.2 Å². The molecule has 0 unspecified atom stereocenters. The highest BCUT2D eigenvalue weighted by Crippen LogP contribution is 2.07. The minimum absolute atomic E-state index is 0.424. The van der Waals surface area contributed by atoms with Crippen molar-refractivity contribution in [2.45, 2.75) is 6.42 Å². The Morgan fingerprint density at radius 2 is 1.94 bits per heavy atom. The molecule has 18 heavy (non-hydrogen) atoms. The molecule has 2 aromatic rings. The smallest absolute Gasteiger partial charge is 0.142 e. The maximum atomic E-state index is 8.74. The van der Waals surface area contributed by atoms with Gasteiger partial charge in [-0.25, -0.2) is 4.98 Å². The standard InChI is InChI=1S/C14H14N4/c15-10-13-2-1-3-14(18-13)17-9-8-11-4-6-12(16)7-5-11/h1-7H,8-9,16H2,(H,17,18). The normalized spacial score (nSPS) is 9.72. The molecule has 0 saturated carbocycles. The Kier molecular flexibility index (Phi) is 3.77. The number of nitrogen functional groups attached to an aromatic ring is 1. The Labute approximate surface area is 106 Å². The molecule has 4 nitrogen and oxygen atoms in total. The van der Waals surface area contributed by atoms with Gasteiger partial charge < -0.3 is 11.1 Å². The number of hydrogen-bond acceptors (Lipinski definition) is 4. The summed E-state index contributed by atoms with van der Waals surface area (Å²) in [6, 6.07) is 15.2. The Morgan fingerprint density at radius 3 is 2.67 bits per heavy atom. The van der Waals surface area contributed by atoms with Crippen molar-refractivity contribution in [2.24, 2.45) is 0 Å². The fourth-order valence-electron chi connectivity index (χ4n) is 1.61. The van der Waals surface area contributed by atoms with Crippen molar-refractivity contribution in [3.63, 3.8) is 0 Å². The second-order valence-electron chi connectivity index (χ2n) is 3.94. The molecule has 4 heteroatoms. The van der Waals surface area contributed by atoms with E-state index in [1.807, 2.05) is 42.5 Å². The number of hydrogen-bond donors (Lipinski definition) is 2. The van der Waals surface area contributed by atoms with Gasteiger partial charge in [-0.2, -0.15) is 5.26 Å². The van der Waals surface area contributed by atoms with Crippen LogP contribution in [0.1, 0.15) is 11.3 Å². The quantitative estimate of drug-likeness (QED) is 0.801. The summed E-state index contributed by atoms with van der Waals surface area (Å²) in [6.45, 7) is 0.770. The van der Waals surface area contributed by atoms with Crippen molar-refractivity contribution in [1.82, 2.24) is 4.98 Å². The molecular formula is C14H14N4. The van der Waals surface area contributed by atoms with Gasteiger partial charge in [0.15, 0.2) is 0 Å². The number of rotatable bonds is 4. The van der Waals surface area contributed by atoms with E-state index in [0.717, 1.165) is 24.5 Å². The van der Waals surface area contributed by atoms with Crippen LogP contribution in [0.2, 0.25) is 0 Å². The first-order valence-corrected chi connectivity index (χ1v) is 5.73. The predicted molar refractivity (Wildman–Crippen MR) is 72.0 cm³/mol. The van der Waals surface area contributed by atoms with Gasteiger partial charge in [0.25, 0.3) is 0 Å². The van der Waals surface area contributed by atoms with Gasteiger partial charge in [-0.15, -0.1) is 0 Å². The zero-order valence-corrected chi connectivity index (χ0v) is 9.93. The lowest BCUT2D eigenvalue weighted by Gasteiger charge is -2.06. The molecule has 2 rings (SSSR count). The van der Waals surface area contributed by atoms with Crippen LogP contribution in [0.15, 0.2) is 42.5 Å². The minimum Gasteiger partial charge on any atom is -0.399 e. The lowest BCUT2D eigenvalue weighted by Crippen LogP contribution is -2.06. The number of nitrogens with one attached hydrogen (secondary N) is 1. The van der Waals surface area contributed by atoms with Gasteiger partial charge in [0.2, 0.25) is 0 Å². The highest BCUT2D eigenvalue weighted by atomic mass is 15.0. The second kappa shape index (κ2) is 5.69. The van der Waals surface area contributed by atoms with Gasteiger partial charge in [-0.1, -0.05) is 18.2 Å². The van der Waals surface area contributed by atoms with Crippen LogP contribution in [-0.4, -0.2) is 11.5 Å². The molecule has 1 aromatic carbocycles. The van der Waals surface area contributed by atoms with Crippen LogP contribution < -0.4 is 11.1 Å². The van der Waals surface area contributed by atoms with Crippen molar-refractivity contribution in [2.75, 3.05) is 17.6 Å². The summed E-state index contributed by atoms with van der Waals surface area (Å²) in [5.41, 5.74) is 8.03. The summed E-state index contributed by atoms with van der Waals surface area (Å²) in [7, 11) is 0. The third-order valence-electron chi connectivity index (χ3n) is 2.56. The average Bonchev–Trinajstić information content (AvgIpc) is 2.41. The molecule has 1 aromatic heterocycles. The number of benzene rings is 1. The number of anilines is 2. The van der Waals surface area contributed by atoms with Gasteiger partial charge in [-0.3, -0.25) is 0 Å². The topological polar surface area (TPSA) is 74.7 Å². The van der Waals surface area contributed by atoms with Gasteiger partial charge in [-0.05, 0) is 36.2 Å². The molecule has 0 aliphatic heterocycles. The van der Waals surface area contributed by atoms with Crippen molar-refractivity contribution < 1.29 is 0 Å². The zero-order valence-electron chi connectivity index (χ0n) is 9.93. The number of nitrogens with two attached hydrogens (primary N) is 1. The van der Waals surface area contributed by atoms with E-state index in [0.29, 0.717) is 5.69 Å². The number of aromatic nitrogens is 1. The second-order valence-corrected chi connectivity index (χ2v) is 3.94. The first kappa shape index (κ1) is 11.9. The Bertz CT molecular complexity index is 555. The molecule has 3 N–H and O–H groups in total. The van der Waals surface area contributed by atoms with Crippen LogP contribution in [0.5, 0.6) is 0 Å². The first-order chi connectivity index (χ1) is 8.78.